The van der Waals surface area contributed by atoms with Crippen LogP contribution in [0.15, 0.2) is 64.6 Å². The molecule has 3 aromatic rings. The third kappa shape index (κ3) is 5.66. The van der Waals surface area contributed by atoms with Crippen LogP contribution in [0.25, 0.3) is 6.08 Å². The van der Waals surface area contributed by atoms with Gasteiger partial charge in [-0.2, -0.15) is 0 Å². The smallest absolute Gasteiger partial charge is 0.270 e. The van der Waals surface area contributed by atoms with Gasteiger partial charge in [-0.05, 0) is 81.7 Å². The Bertz CT molecular complexity index is 1370. The van der Waals surface area contributed by atoms with Gasteiger partial charge in [0.2, 0.25) is 0 Å². The summed E-state index contributed by atoms with van der Waals surface area (Å²) in [6, 6.07) is 15.3. The molecule has 11 heteroatoms. The van der Waals surface area contributed by atoms with Gasteiger partial charge >= 0.3 is 0 Å². The molecule has 1 aliphatic rings. The summed E-state index contributed by atoms with van der Waals surface area (Å²) in [5.74, 6) is -0.889. The zero-order valence-corrected chi connectivity index (χ0v) is 22.9. The Kier molecular flexibility index (Phi) is 8.06. The lowest BCUT2D eigenvalue weighted by Crippen LogP contribution is -2.54. The Morgan fingerprint density at radius 2 is 1.71 bits per heavy atom. The fourth-order valence-electron chi connectivity index (χ4n) is 3.24. The van der Waals surface area contributed by atoms with Crippen molar-refractivity contribution >= 4 is 103 Å². The molecule has 0 spiro atoms. The number of hydrogen-bond donors (Lipinski definition) is 1. The summed E-state index contributed by atoms with van der Waals surface area (Å²) in [6.07, 6.45) is 1.41. The van der Waals surface area contributed by atoms with Gasteiger partial charge in [-0.1, -0.05) is 64.6 Å². The van der Waals surface area contributed by atoms with Gasteiger partial charge in [0.25, 0.3) is 11.8 Å². The van der Waals surface area contributed by atoms with Crippen molar-refractivity contribution in [3.05, 3.63) is 95.9 Å². The third-order valence-electron chi connectivity index (χ3n) is 4.90. The summed E-state index contributed by atoms with van der Waals surface area (Å²) in [5.41, 5.74) is 1.49. The fourth-order valence-corrected chi connectivity index (χ4v) is 5.01. The number of carbonyl (C=O) groups excluding carboxylic acids is 2. The minimum Gasteiger partial charge on any atom is -0.486 e. The standard InChI is InChI=1S/C24H13BrCl4N2O3S/c25-16-9-13(10-18(28)21(16)34-11-12-4-6-14(26)7-5-12)8-15-22(32)30-24(35)31(23(15)33)19-3-1-2-17(27)20(19)29/h1-10H,11H2,(H,30,32,35)/b15-8+. The third-order valence-corrected chi connectivity index (χ3v) is 7.12. The summed E-state index contributed by atoms with van der Waals surface area (Å²) in [5, 5.41) is 3.69. The summed E-state index contributed by atoms with van der Waals surface area (Å²) in [4.78, 5) is 27.0. The number of halogens is 5. The van der Waals surface area contributed by atoms with Crippen LogP contribution < -0.4 is 15.0 Å². The molecule has 2 amide bonds. The topological polar surface area (TPSA) is 58.6 Å². The molecule has 0 radical (unpaired) electrons. The van der Waals surface area contributed by atoms with Crippen LogP contribution >= 0.6 is 74.6 Å². The minimum absolute atomic E-state index is 0.105. The van der Waals surface area contributed by atoms with E-state index in [-0.39, 0.29) is 38.0 Å². The highest BCUT2D eigenvalue weighted by Gasteiger charge is 2.35. The number of rotatable bonds is 5. The van der Waals surface area contributed by atoms with E-state index in [2.05, 4.69) is 21.2 Å². The molecule has 4 rings (SSSR count). The van der Waals surface area contributed by atoms with E-state index in [1.54, 1.807) is 42.5 Å². The Morgan fingerprint density at radius 1 is 1.00 bits per heavy atom. The molecule has 1 aliphatic heterocycles. The second-order valence-electron chi connectivity index (χ2n) is 7.26. The van der Waals surface area contributed by atoms with Gasteiger partial charge in [0.05, 0.1) is 25.2 Å². The van der Waals surface area contributed by atoms with Crippen molar-refractivity contribution in [1.82, 2.24) is 5.32 Å². The van der Waals surface area contributed by atoms with Crippen LogP contribution in [0.2, 0.25) is 20.1 Å². The van der Waals surface area contributed by atoms with Gasteiger partial charge in [0.1, 0.15) is 12.2 Å². The van der Waals surface area contributed by atoms with Crippen molar-refractivity contribution in [3.63, 3.8) is 0 Å². The Morgan fingerprint density at radius 3 is 2.40 bits per heavy atom. The predicted octanol–water partition coefficient (Wildman–Crippen LogP) is 7.47. The monoisotopic (exact) mass is 628 g/mol. The van der Waals surface area contributed by atoms with Gasteiger partial charge < -0.3 is 4.74 Å². The number of ether oxygens (including phenoxy) is 1. The second-order valence-corrected chi connectivity index (χ2v) is 10.1. The number of thiocarbonyl (C=S) groups is 1. The van der Waals surface area contributed by atoms with Gasteiger partial charge in [0.15, 0.2) is 10.9 Å². The number of benzene rings is 3. The van der Waals surface area contributed by atoms with Gasteiger partial charge in [-0.3, -0.25) is 19.8 Å². The van der Waals surface area contributed by atoms with Crippen molar-refractivity contribution < 1.29 is 14.3 Å². The maximum Gasteiger partial charge on any atom is 0.270 e. The number of nitrogens with zero attached hydrogens (tertiary/aromatic N) is 1. The maximum absolute atomic E-state index is 13.3. The first-order valence-electron chi connectivity index (χ1n) is 9.87. The number of carbonyl (C=O) groups is 2. The Balaban J connectivity index is 1.63. The van der Waals surface area contributed by atoms with Crippen LogP contribution in [0.5, 0.6) is 5.75 Å². The zero-order valence-electron chi connectivity index (χ0n) is 17.5. The summed E-state index contributed by atoms with van der Waals surface area (Å²) < 4.78 is 6.39. The summed E-state index contributed by atoms with van der Waals surface area (Å²) in [7, 11) is 0. The van der Waals surface area contributed by atoms with E-state index in [4.69, 9.17) is 63.4 Å². The first kappa shape index (κ1) is 25.9. The van der Waals surface area contributed by atoms with Crippen LogP contribution in [0.4, 0.5) is 5.69 Å². The molecular formula is C24H13BrCl4N2O3S. The molecule has 1 N–H and O–H groups in total. The number of amides is 2. The number of hydrogen-bond acceptors (Lipinski definition) is 4. The molecule has 0 aliphatic carbocycles. The van der Waals surface area contributed by atoms with Crippen molar-refractivity contribution in [2.24, 2.45) is 0 Å². The maximum atomic E-state index is 13.3. The lowest BCUT2D eigenvalue weighted by atomic mass is 10.1. The quantitative estimate of drug-likeness (QED) is 0.181. The Hall–Kier alpha value is -2.13. The average Bonchev–Trinajstić information content (AvgIpc) is 2.80. The number of anilines is 1. The molecule has 5 nitrogen and oxygen atoms in total. The Labute approximate surface area is 234 Å². The zero-order chi connectivity index (χ0) is 25.3. The first-order valence-corrected chi connectivity index (χ1v) is 12.6. The molecule has 3 aromatic carbocycles. The molecule has 1 saturated heterocycles. The molecule has 1 fully saturated rings. The molecule has 1 heterocycles. The molecule has 178 valence electrons. The van der Waals surface area contributed by atoms with Crippen molar-refractivity contribution in [3.8, 4) is 5.75 Å². The summed E-state index contributed by atoms with van der Waals surface area (Å²) >= 11 is 33.4. The minimum atomic E-state index is -0.654. The molecular weight excluding hydrogens is 618 g/mol. The lowest BCUT2D eigenvalue weighted by Gasteiger charge is -2.29. The van der Waals surface area contributed by atoms with E-state index in [0.29, 0.717) is 20.8 Å². The van der Waals surface area contributed by atoms with E-state index < -0.39 is 11.8 Å². The average molecular weight is 631 g/mol. The van der Waals surface area contributed by atoms with E-state index in [9.17, 15) is 9.59 Å². The molecule has 0 bridgehead atoms. The highest BCUT2D eigenvalue weighted by Crippen LogP contribution is 2.37. The van der Waals surface area contributed by atoms with Gasteiger partial charge in [-0.25, -0.2) is 0 Å². The van der Waals surface area contributed by atoms with E-state index in [0.717, 1.165) is 10.5 Å². The lowest BCUT2D eigenvalue weighted by molar-refractivity contribution is -0.122. The summed E-state index contributed by atoms with van der Waals surface area (Å²) in [6.45, 7) is 0.267. The molecule has 0 unspecified atom stereocenters. The van der Waals surface area contributed by atoms with Gasteiger partial charge in [-0.15, -0.1) is 0 Å². The first-order chi connectivity index (χ1) is 16.7. The normalized spacial score (nSPS) is 14.9. The van der Waals surface area contributed by atoms with E-state index >= 15 is 0 Å². The predicted molar refractivity (Wildman–Crippen MR) is 148 cm³/mol. The molecule has 0 saturated carbocycles. The van der Waals surface area contributed by atoms with Crippen LogP contribution in [0, 0.1) is 0 Å². The molecule has 0 aromatic heterocycles. The second kappa shape index (κ2) is 10.9. The van der Waals surface area contributed by atoms with Crippen LogP contribution in [0.3, 0.4) is 0 Å². The largest absolute Gasteiger partial charge is 0.486 e. The number of nitrogens with one attached hydrogen (secondary N) is 1. The highest BCUT2D eigenvalue weighted by molar-refractivity contribution is 9.10. The van der Waals surface area contributed by atoms with E-state index in [1.165, 1.54) is 6.08 Å². The van der Waals surface area contributed by atoms with Crippen LogP contribution in [-0.2, 0) is 16.2 Å². The molecule has 0 atom stereocenters. The SMILES string of the molecule is O=C1NC(=S)N(c2cccc(Cl)c2Cl)C(=O)/C1=C/c1cc(Cl)c(OCc2ccc(Cl)cc2)c(Br)c1. The van der Waals surface area contributed by atoms with Crippen LogP contribution in [0.1, 0.15) is 11.1 Å². The highest BCUT2D eigenvalue weighted by atomic mass is 79.9. The van der Waals surface area contributed by atoms with E-state index in [1.807, 2.05) is 12.1 Å². The van der Waals surface area contributed by atoms with Crippen LogP contribution in [-0.4, -0.2) is 16.9 Å². The van der Waals surface area contributed by atoms with Crippen molar-refractivity contribution in [2.75, 3.05) is 4.90 Å². The fraction of sp³-hybridized carbons (Fsp3) is 0.0417. The van der Waals surface area contributed by atoms with Gasteiger partial charge in [0, 0.05) is 5.02 Å². The van der Waals surface area contributed by atoms with Crippen molar-refractivity contribution in [1.29, 1.82) is 0 Å². The van der Waals surface area contributed by atoms with Crippen molar-refractivity contribution in [2.45, 2.75) is 6.61 Å². The molecule has 35 heavy (non-hydrogen) atoms.